The highest BCUT2D eigenvalue weighted by molar-refractivity contribution is 6.74. The molecule has 3 atom stereocenters. The van der Waals surface area contributed by atoms with E-state index in [1.165, 1.54) is 0 Å². The van der Waals surface area contributed by atoms with E-state index in [0.29, 0.717) is 0 Å². The molecule has 1 fully saturated rings. The zero-order valence-corrected chi connectivity index (χ0v) is 19.9. The molecular formula is C19H40O3Si2. The van der Waals surface area contributed by atoms with Gasteiger partial charge < -0.3 is 8.85 Å². The monoisotopic (exact) mass is 372 g/mol. The third kappa shape index (κ3) is 4.80. The van der Waals surface area contributed by atoms with E-state index in [9.17, 15) is 4.79 Å². The van der Waals surface area contributed by atoms with Crippen LogP contribution in [0, 0.1) is 5.92 Å². The molecule has 0 radical (unpaired) electrons. The molecule has 1 rings (SSSR count). The van der Waals surface area contributed by atoms with E-state index >= 15 is 0 Å². The summed E-state index contributed by atoms with van der Waals surface area (Å²) in [5, 5.41) is 0.229. The fourth-order valence-electron chi connectivity index (χ4n) is 2.49. The van der Waals surface area contributed by atoms with Crippen LogP contribution >= 0.6 is 0 Å². The van der Waals surface area contributed by atoms with E-state index in [4.69, 9.17) is 8.85 Å². The molecule has 5 heteroatoms. The molecule has 0 aromatic carbocycles. The van der Waals surface area contributed by atoms with Gasteiger partial charge in [-0.25, -0.2) is 0 Å². The van der Waals surface area contributed by atoms with Crippen molar-refractivity contribution >= 4 is 22.4 Å². The normalized spacial score (nSPS) is 27.5. The van der Waals surface area contributed by atoms with Gasteiger partial charge in [0.05, 0.1) is 0 Å². The number of carbonyl (C=O) groups is 1. The van der Waals surface area contributed by atoms with E-state index in [2.05, 4.69) is 74.7 Å². The van der Waals surface area contributed by atoms with Crippen molar-refractivity contribution in [2.24, 2.45) is 5.92 Å². The lowest BCUT2D eigenvalue weighted by molar-refractivity contribution is -0.140. The first kappa shape index (κ1) is 22.1. The van der Waals surface area contributed by atoms with Crippen LogP contribution in [0.15, 0.2) is 0 Å². The Balaban J connectivity index is 2.95. The lowest BCUT2D eigenvalue weighted by Crippen LogP contribution is -2.55. The standard InChI is InChI=1S/C19H40O3Si2/c1-14-12-13-15(21-23(8,9)18(2,3)4)16(20)17(14)22-24(10,11)19(5,6)7/h14-15,17H,12-13H2,1-11H3/t14-,15-,17+/m1/s1. The van der Waals surface area contributed by atoms with Crippen molar-refractivity contribution in [3.05, 3.63) is 0 Å². The second kappa shape index (κ2) is 6.97. The summed E-state index contributed by atoms with van der Waals surface area (Å²) < 4.78 is 13.0. The predicted molar refractivity (Wildman–Crippen MR) is 108 cm³/mol. The number of carbonyl (C=O) groups excluding carboxylic acids is 1. The summed E-state index contributed by atoms with van der Waals surface area (Å²) in [7, 11) is -3.91. The second-order valence-corrected chi connectivity index (χ2v) is 20.1. The maximum absolute atomic E-state index is 13.1. The summed E-state index contributed by atoms with van der Waals surface area (Å²) in [4.78, 5) is 13.1. The van der Waals surface area contributed by atoms with E-state index in [0.717, 1.165) is 12.8 Å². The van der Waals surface area contributed by atoms with Gasteiger partial charge in [0.15, 0.2) is 22.4 Å². The molecule has 0 saturated heterocycles. The third-order valence-electron chi connectivity index (χ3n) is 6.47. The largest absolute Gasteiger partial charge is 0.407 e. The molecule has 24 heavy (non-hydrogen) atoms. The fourth-order valence-corrected chi connectivity index (χ4v) is 5.13. The van der Waals surface area contributed by atoms with Crippen molar-refractivity contribution in [3.8, 4) is 0 Å². The molecule has 0 bridgehead atoms. The van der Waals surface area contributed by atoms with E-state index in [1.807, 2.05) is 0 Å². The van der Waals surface area contributed by atoms with Crippen LogP contribution in [-0.2, 0) is 13.6 Å². The maximum Gasteiger partial charge on any atom is 0.193 e. The number of Topliss-reactive ketones (excluding diaryl/α,β-unsaturated/α-hetero) is 1. The molecule has 0 aromatic rings. The van der Waals surface area contributed by atoms with Gasteiger partial charge in [0, 0.05) is 0 Å². The molecule has 0 N–H and O–H groups in total. The van der Waals surface area contributed by atoms with Crippen LogP contribution < -0.4 is 0 Å². The molecule has 0 heterocycles. The van der Waals surface area contributed by atoms with Gasteiger partial charge in [0.2, 0.25) is 0 Å². The molecular weight excluding hydrogens is 332 g/mol. The van der Waals surface area contributed by atoms with Crippen molar-refractivity contribution in [3.63, 3.8) is 0 Å². The average Bonchev–Trinajstić information content (AvgIpc) is 2.35. The quantitative estimate of drug-likeness (QED) is 0.588. The number of rotatable bonds is 4. The number of ketones is 1. The molecule has 0 unspecified atom stereocenters. The van der Waals surface area contributed by atoms with E-state index in [-0.39, 0.29) is 34.0 Å². The van der Waals surface area contributed by atoms with E-state index < -0.39 is 16.6 Å². The van der Waals surface area contributed by atoms with Crippen molar-refractivity contribution < 1.29 is 13.6 Å². The minimum Gasteiger partial charge on any atom is -0.407 e. The van der Waals surface area contributed by atoms with E-state index in [1.54, 1.807) is 0 Å². The Labute approximate surface area is 152 Å². The first-order chi connectivity index (χ1) is 10.5. The Morgan fingerprint density at radius 1 is 0.833 bits per heavy atom. The molecule has 0 aliphatic heterocycles. The molecule has 0 aromatic heterocycles. The molecule has 1 aliphatic rings. The Kier molecular flexibility index (Phi) is 6.41. The Morgan fingerprint density at radius 3 is 1.67 bits per heavy atom. The summed E-state index contributed by atoms with van der Waals surface area (Å²) >= 11 is 0. The summed E-state index contributed by atoms with van der Waals surface area (Å²) in [5.41, 5.74) is 0. The molecule has 0 spiro atoms. The van der Waals surface area contributed by atoms with Gasteiger partial charge in [-0.05, 0) is 55.0 Å². The Morgan fingerprint density at radius 2 is 1.25 bits per heavy atom. The summed E-state index contributed by atoms with van der Waals surface area (Å²) in [6.07, 6.45) is 1.26. The lowest BCUT2D eigenvalue weighted by atomic mass is 9.85. The van der Waals surface area contributed by atoms with Gasteiger partial charge in [0.1, 0.15) is 12.2 Å². The van der Waals surface area contributed by atoms with Crippen molar-refractivity contribution in [2.75, 3.05) is 0 Å². The SMILES string of the molecule is C[C@@H]1CC[C@@H](O[Si](C)(C)C(C)(C)C)C(=O)[C@H]1O[Si](C)(C)C(C)(C)C. The molecule has 0 amide bonds. The zero-order valence-electron chi connectivity index (χ0n) is 17.9. The van der Waals surface area contributed by atoms with Crippen LogP contribution in [0.5, 0.6) is 0 Å². The van der Waals surface area contributed by atoms with Crippen molar-refractivity contribution in [1.82, 2.24) is 0 Å². The third-order valence-corrected chi connectivity index (χ3v) is 15.4. The highest BCUT2D eigenvalue weighted by Gasteiger charge is 2.48. The van der Waals surface area contributed by atoms with Gasteiger partial charge in [-0.2, -0.15) is 0 Å². The summed E-state index contributed by atoms with van der Waals surface area (Å²) in [6, 6.07) is 0. The lowest BCUT2D eigenvalue weighted by Gasteiger charge is -2.45. The first-order valence-electron chi connectivity index (χ1n) is 9.39. The highest BCUT2D eigenvalue weighted by atomic mass is 28.4. The van der Waals surface area contributed by atoms with Gasteiger partial charge in [-0.15, -0.1) is 0 Å². The van der Waals surface area contributed by atoms with Crippen molar-refractivity contribution in [2.45, 2.75) is 110 Å². The van der Waals surface area contributed by atoms with Crippen LogP contribution in [0.3, 0.4) is 0 Å². The highest BCUT2D eigenvalue weighted by Crippen LogP contribution is 2.42. The van der Waals surface area contributed by atoms with Crippen LogP contribution in [0.1, 0.15) is 61.3 Å². The minimum absolute atomic E-state index is 0.111. The summed E-state index contributed by atoms with van der Waals surface area (Å²) in [6.45, 7) is 24.4. The minimum atomic E-state index is -1.97. The van der Waals surface area contributed by atoms with Gasteiger partial charge in [-0.3, -0.25) is 4.79 Å². The maximum atomic E-state index is 13.1. The molecule has 3 nitrogen and oxygen atoms in total. The van der Waals surface area contributed by atoms with Crippen LogP contribution in [0.4, 0.5) is 0 Å². The van der Waals surface area contributed by atoms with Gasteiger partial charge in [0.25, 0.3) is 0 Å². The smallest absolute Gasteiger partial charge is 0.193 e. The first-order valence-corrected chi connectivity index (χ1v) is 15.2. The number of hydrogen-bond donors (Lipinski definition) is 0. The van der Waals surface area contributed by atoms with Crippen molar-refractivity contribution in [1.29, 1.82) is 0 Å². The topological polar surface area (TPSA) is 35.5 Å². The molecule has 1 saturated carbocycles. The van der Waals surface area contributed by atoms with Crippen LogP contribution in [-0.4, -0.2) is 34.6 Å². The predicted octanol–water partition coefficient (Wildman–Crippen LogP) is 5.77. The zero-order chi connectivity index (χ0) is 19.1. The Bertz CT molecular complexity index is 458. The summed E-state index contributed by atoms with van der Waals surface area (Å²) in [5.74, 6) is 0.467. The molecule has 142 valence electrons. The molecule has 1 aliphatic carbocycles. The second-order valence-electron chi connectivity index (χ2n) is 10.6. The fraction of sp³-hybridized carbons (Fsp3) is 0.947. The van der Waals surface area contributed by atoms with Crippen LogP contribution in [0.25, 0.3) is 0 Å². The van der Waals surface area contributed by atoms with Gasteiger partial charge in [-0.1, -0.05) is 48.5 Å². The average molecular weight is 373 g/mol. The number of hydrogen-bond acceptors (Lipinski definition) is 3. The Hall–Kier alpha value is 0.0238. The van der Waals surface area contributed by atoms with Crippen LogP contribution in [0.2, 0.25) is 36.3 Å². The van der Waals surface area contributed by atoms with Gasteiger partial charge >= 0.3 is 0 Å².